The molecule has 0 aliphatic rings. The lowest BCUT2D eigenvalue weighted by molar-refractivity contribution is 0.0960. The van der Waals surface area contributed by atoms with E-state index in [2.05, 4.69) is 20.3 Å². The Balaban J connectivity index is 1.81. The van der Waals surface area contributed by atoms with Crippen LogP contribution in [0, 0.1) is 0 Å². The zero-order chi connectivity index (χ0) is 18.1. The number of hydrogen-bond donors (Lipinski definition) is 3. The van der Waals surface area contributed by atoms with Gasteiger partial charge in [-0.2, -0.15) is 0 Å². The molecule has 0 aliphatic carbocycles. The Hall–Kier alpha value is -3.67. The highest BCUT2D eigenvalue weighted by atomic mass is 16.3. The number of rotatable bonds is 3. The van der Waals surface area contributed by atoms with Crippen molar-refractivity contribution in [3.8, 4) is 5.75 Å². The van der Waals surface area contributed by atoms with Crippen molar-refractivity contribution in [2.24, 2.45) is 4.99 Å². The fourth-order valence-electron chi connectivity index (χ4n) is 2.92. The Bertz CT molecular complexity index is 1160. The van der Waals surface area contributed by atoms with Crippen LogP contribution in [0.2, 0.25) is 0 Å². The van der Waals surface area contributed by atoms with Crippen LogP contribution in [0.1, 0.15) is 16.1 Å². The van der Waals surface area contributed by atoms with Crippen LogP contribution in [-0.2, 0) is 0 Å². The highest BCUT2D eigenvalue weighted by molar-refractivity contribution is 6.14. The second kappa shape index (κ2) is 6.33. The van der Waals surface area contributed by atoms with Crippen LogP contribution < -0.4 is 5.32 Å². The molecule has 0 radical (unpaired) electrons. The number of para-hydroxylation sites is 1. The lowest BCUT2D eigenvalue weighted by atomic mass is 10.1. The number of H-pyrrole nitrogens is 1. The second-order valence-electron chi connectivity index (χ2n) is 5.83. The van der Waals surface area contributed by atoms with Crippen molar-refractivity contribution < 1.29 is 9.90 Å². The standard InChI is InChI=1S/C20H16N4O2/c1-21-20(26)19-18-14(8-9-22-19)15-10-13(6-7-16(15)24-18)23-11-12-4-2-3-5-17(12)25/h2-11,24-25H,1H3,(H,21,26). The van der Waals surface area contributed by atoms with Gasteiger partial charge in [-0.3, -0.25) is 9.79 Å². The first-order chi connectivity index (χ1) is 12.7. The molecule has 3 N–H and O–H groups in total. The van der Waals surface area contributed by atoms with Crippen LogP contribution in [0.3, 0.4) is 0 Å². The number of aliphatic imine (C=N–C) groups is 1. The maximum absolute atomic E-state index is 12.0. The molecule has 0 aliphatic heterocycles. The summed E-state index contributed by atoms with van der Waals surface area (Å²) in [5, 5.41) is 14.3. The van der Waals surface area contributed by atoms with Gasteiger partial charge in [-0.05, 0) is 36.4 Å². The molecule has 26 heavy (non-hydrogen) atoms. The zero-order valence-corrected chi connectivity index (χ0v) is 14.0. The molecule has 2 heterocycles. The number of amides is 1. The summed E-state index contributed by atoms with van der Waals surface area (Å²) >= 11 is 0. The number of nitrogens with zero attached hydrogens (tertiary/aromatic N) is 2. The molecule has 0 saturated heterocycles. The van der Waals surface area contributed by atoms with E-state index in [-0.39, 0.29) is 11.7 Å². The summed E-state index contributed by atoms with van der Waals surface area (Å²) in [7, 11) is 1.58. The molecular formula is C20H16N4O2. The minimum Gasteiger partial charge on any atom is -0.507 e. The summed E-state index contributed by atoms with van der Waals surface area (Å²) in [6, 6.07) is 14.6. The summed E-state index contributed by atoms with van der Waals surface area (Å²) in [6.07, 6.45) is 3.25. The predicted octanol–water partition coefficient (Wildman–Crippen LogP) is 3.53. The van der Waals surface area contributed by atoms with Gasteiger partial charge in [-0.15, -0.1) is 0 Å². The summed E-state index contributed by atoms with van der Waals surface area (Å²) < 4.78 is 0. The zero-order valence-electron chi connectivity index (χ0n) is 14.0. The third-order valence-corrected chi connectivity index (χ3v) is 4.24. The van der Waals surface area contributed by atoms with Crippen LogP contribution in [0.4, 0.5) is 5.69 Å². The number of aromatic amines is 1. The second-order valence-corrected chi connectivity index (χ2v) is 5.83. The van der Waals surface area contributed by atoms with Crippen molar-refractivity contribution in [2.45, 2.75) is 0 Å². The minimum absolute atomic E-state index is 0.186. The van der Waals surface area contributed by atoms with Gasteiger partial charge in [0.1, 0.15) is 5.75 Å². The molecule has 2 aromatic heterocycles. The largest absolute Gasteiger partial charge is 0.507 e. The number of phenolic OH excluding ortho intramolecular Hbond substituents is 1. The molecule has 4 rings (SSSR count). The minimum atomic E-state index is -0.236. The van der Waals surface area contributed by atoms with E-state index in [0.717, 1.165) is 22.0 Å². The maximum Gasteiger partial charge on any atom is 0.271 e. The number of benzene rings is 2. The molecule has 4 aromatic rings. The lowest BCUT2D eigenvalue weighted by Crippen LogP contribution is -2.19. The molecule has 0 unspecified atom stereocenters. The number of aromatic hydroxyl groups is 1. The number of fused-ring (bicyclic) bond motifs is 3. The van der Waals surface area contributed by atoms with Crippen LogP contribution in [0.15, 0.2) is 59.7 Å². The van der Waals surface area contributed by atoms with E-state index in [1.165, 1.54) is 0 Å². The van der Waals surface area contributed by atoms with Crippen molar-refractivity contribution in [1.82, 2.24) is 15.3 Å². The molecule has 0 spiro atoms. The smallest absolute Gasteiger partial charge is 0.271 e. The maximum atomic E-state index is 12.0. The van der Waals surface area contributed by atoms with Gasteiger partial charge in [0.25, 0.3) is 5.91 Å². The van der Waals surface area contributed by atoms with Gasteiger partial charge >= 0.3 is 0 Å². The molecule has 0 fully saturated rings. The van der Waals surface area contributed by atoms with Crippen molar-refractivity contribution in [1.29, 1.82) is 0 Å². The Morgan fingerprint density at radius 1 is 1.19 bits per heavy atom. The Labute approximate surface area is 149 Å². The first kappa shape index (κ1) is 15.8. The van der Waals surface area contributed by atoms with Gasteiger partial charge in [-0.1, -0.05) is 12.1 Å². The highest BCUT2D eigenvalue weighted by Gasteiger charge is 2.14. The Morgan fingerprint density at radius 3 is 2.85 bits per heavy atom. The van der Waals surface area contributed by atoms with Gasteiger partial charge in [0.05, 0.1) is 11.2 Å². The molecule has 0 bridgehead atoms. The number of pyridine rings is 1. The number of hydrogen-bond acceptors (Lipinski definition) is 4. The van der Waals surface area contributed by atoms with Crippen LogP contribution in [0.5, 0.6) is 5.75 Å². The highest BCUT2D eigenvalue weighted by Crippen LogP contribution is 2.30. The Kier molecular flexibility index (Phi) is 3.85. The fraction of sp³-hybridized carbons (Fsp3) is 0.0500. The fourth-order valence-corrected chi connectivity index (χ4v) is 2.92. The van der Waals surface area contributed by atoms with Gasteiger partial charge in [-0.25, -0.2) is 4.98 Å². The van der Waals surface area contributed by atoms with Crippen molar-refractivity contribution in [3.63, 3.8) is 0 Å². The monoisotopic (exact) mass is 344 g/mol. The molecular weight excluding hydrogens is 328 g/mol. The van der Waals surface area contributed by atoms with Gasteiger partial charge in [0.2, 0.25) is 0 Å². The van der Waals surface area contributed by atoms with E-state index in [0.29, 0.717) is 16.8 Å². The summed E-state index contributed by atoms with van der Waals surface area (Å²) in [6.45, 7) is 0. The van der Waals surface area contributed by atoms with Gasteiger partial charge < -0.3 is 15.4 Å². The molecule has 0 atom stereocenters. The molecule has 128 valence electrons. The summed E-state index contributed by atoms with van der Waals surface area (Å²) in [5.41, 5.74) is 3.36. The SMILES string of the molecule is CNC(=O)c1nccc2c1[nH]c1ccc(N=Cc3ccccc3O)cc12. The summed E-state index contributed by atoms with van der Waals surface area (Å²) in [4.78, 5) is 23.9. The van der Waals surface area contributed by atoms with Crippen molar-refractivity contribution >= 4 is 39.6 Å². The van der Waals surface area contributed by atoms with E-state index in [9.17, 15) is 9.90 Å². The number of phenols is 1. The number of carbonyl (C=O) groups is 1. The van der Waals surface area contributed by atoms with Gasteiger partial charge in [0.15, 0.2) is 5.69 Å². The van der Waals surface area contributed by atoms with E-state index in [1.54, 1.807) is 37.7 Å². The van der Waals surface area contributed by atoms with E-state index < -0.39 is 0 Å². The quantitative estimate of drug-likeness (QED) is 0.497. The number of aromatic nitrogens is 2. The van der Waals surface area contributed by atoms with Gasteiger partial charge in [0, 0.05) is 41.3 Å². The van der Waals surface area contributed by atoms with Crippen molar-refractivity contribution in [3.05, 3.63) is 66.0 Å². The topological polar surface area (TPSA) is 90.4 Å². The van der Waals surface area contributed by atoms with E-state index in [1.807, 2.05) is 30.3 Å². The molecule has 6 heteroatoms. The van der Waals surface area contributed by atoms with Crippen LogP contribution in [-0.4, -0.2) is 34.2 Å². The first-order valence-electron chi connectivity index (χ1n) is 8.12. The predicted molar refractivity (Wildman–Crippen MR) is 102 cm³/mol. The van der Waals surface area contributed by atoms with Crippen molar-refractivity contribution in [2.75, 3.05) is 7.05 Å². The first-order valence-corrected chi connectivity index (χ1v) is 8.12. The average Bonchev–Trinajstić information content (AvgIpc) is 3.05. The summed E-state index contributed by atoms with van der Waals surface area (Å²) in [5.74, 6) is -0.0503. The Morgan fingerprint density at radius 2 is 2.04 bits per heavy atom. The van der Waals surface area contributed by atoms with Crippen LogP contribution >= 0.6 is 0 Å². The number of carbonyl (C=O) groups excluding carboxylic acids is 1. The average molecular weight is 344 g/mol. The lowest BCUT2D eigenvalue weighted by Gasteiger charge is -2.00. The molecule has 0 saturated carbocycles. The normalized spacial score (nSPS) is 11.4. The molecule has 6 nitrogen and oxygen atoms in total. The third-order valence-electron chi connectivity index (χ3n) is 4.24. The molecule has 1 amide bonds. The molecule has 2 aromatic carbocycles. The van der Waals surface area contributed by atoms with E-state index >= 15 is 0 Å². The van der Waals surface area contributed by atoms with E-state index in [4.69, 9.17) is 0 Å². The third kappa shape index (κ3) is 2.67. The number of nitrogens with one attached hydrogen (secondary N) is 2. The van der Waals surface area contributed by atoms with Crippen LogP contribution in [0.25, 0.3) is 21.8 Å².